The zero-order valence-electron chi connectivity index (χ0n) is 11.9. The van der Waals surface area contributed by atoms with Crippen LogP contribution in [0.2, 0.25) is 0 Å². The van der Waals surface area contributed by atoms with Crippen LogP contribution in [0.5, 0.6) is 0 Å². The van der Waals surface area contributed by atoms with Crippen LogP contribution >= 0.6 is 0 Å². The Morgan fingerprint density at radius 1 is 1.16 bits per heavy atom. The maximum Gasteiger partial charge on any atom is 0.326 e. The summed E-state index contributed by atoms with van der Waals surface area (Å²) in [6.45, 7) is 8.18. The van der Waals surface area contributed by atoms with E-state index in [4.69, 9.17) is 5.11 Å². The first-order valence-electron chi connectivity index (χ1n) is 7.09. The fraction of sp³-hybridized carbons (Fsp3) is 0.846. The topological polar surface area (TPSA) is 72.9 Å². The smallest absolute Gasteiger partial charge is 0.326 e. The van der Waals surface area contributed by atoms with Crippen molar-refractivity contribution < 1.29 is 14.7 Å². The van der Waals surface area contributed by atoms with Crippen LogP contribution in [0.4, 0.5) is 4.79 Å². The zero-order valence-corrected chi connectivity index (χ0v) is 11.9. The van der Waals surface area contributed by atoms with Gasteiger partial charge >= 0.3 is 12.0 Å². The highest BCUT2D eigenvalue weighted by Gasteiger charge is 2.24. The number of hydrogen-bond donors (Lipinski definition) is 2. The average Bonchev–Trinajstić information content (AvgIpc) is 2.39. The number of hydrogen-bond acceptors (Lipinski definition) is 3. The SMILES string of the molecule is CCC[C@@H](NC(=O)N1CCN(CCC)CC1)C(=O)O. The zero-order chi connectivity index (χ0) is 14.3. The number of carbonyl (C=O) groups is 2. The highest BCUT2D eigenvalue weighted by atomic mass is 16.4. The van der Waals surface area contributed by atoms with Gasteiger partial charge in [0.1, 0.15) is 6.04 Å². The molecule has 0 aromatic carbocycles. The lowest BCUT2D eigenvalue weighted by atomic mass is 10.2. The number of urea groups is 1. The molecular weight excluding hydrogens is 246 g/mol. The molecule has 2 N–H and O–H groups in total. The van der Waals surface area contributed by atoms with E-state index < -0.39 is 12.0 Å². The molecule has 0 radical (unpaired) electrons. The van der Waals surface area contributed by atoms with E-state index in [0.29, 0.717) is 19.5 Å². The number of aliphatic carboxylic acids is 1. The summed E-state index contributed by atoms with van der Waals surface area (Å²) in [6.07, 6.45) is 2.32. The van der Waals surface area contributed by atoms with Gasteiger partial charge < -0.3 is 15.3 Å². The highest BCUT2D eigenvalue weighted by Crippen LogP contribution is 2.04. The molecule has 0 aromatic rings. The van der Waals surface area contributed by atoms with Gasteiger partial charge in [-0.05, 0) is 19.4 Å². The van der Waals surface area contributed by atoms with E-state index in [2.05, 4.69) is 17.1 Å². The molecule has 0 aliphatic carbocycles. The molecule has 1 fully saturated rings. The van der Waals surface area contributed by atoms with Gasteiger partial charge in [-0.2, -0.15) is 0 Å². The third kappa shape index (κ3) is 5.06. The summed E-state index contributed by atoms with van der Waals surface area (Å²) in [7, 11) is 0. The number of amides is 2. The minimum Gasteiger partial charge on any atom is -0.480 e. The summed E-state index contributed by atoms with van der Waals surface area (Å²) < 4.78 is 0. The van der Waals surface area contributed by atoms with Crippen LogP contribution in [0.3, 0.4) is 0 Å². The summed E-state index contributed by atoms with van der Waals surface area (Å²) in [4.78, 5) is 27.0. The largest absolute Gasteiger partial charge is 0.480 e. The van der Waals surface area contributed by atoms with Gasteiger partial charge in [0, 0.05) is 26.2 Å². The fourth-order valence-electron chi connectivity index (χ4n) is 2.28. The molecule has 1 aliphatic heterocycles. The molecule has 1 rings (SSSR count). The number of carboxylic acids is 1. The van der Waals surface area contributed by atoms with Gasteiger partial charge in [0.15, 0.2) is 0 Å². The minimum absolute atomic E-state index is 0.253. The highest BCUT2D eigenvalue weighted by molar-refractivity contribution is 5.82. The Morgan fingerprint density at radius 2 is 1.79 bits per heavy atom. The maximum atomic E-state index is 12.0. The minimum atomic E-state index is -0.959. The first-order valence-corrected chi connectivity index (χ1v) is 7.09. The standard InChI is InChI=1S/C13H25N3O3/c1-3-5-11(12(17)18)14-13(19)16-9-7-15(6-4-2)8-10-16/h11H,3-10H2,1-2H3,(H,14,19)(H,17,18)/t11-/m1/s1. The molecule has 2 amide bonds. The van der Waals surface area contributed by atoms with E-state index in [1.165, 1.54) is 0 Å². The summed E-state index contributed by atoms with van der Waals surface area (Å²) in [5.74, 6) is -0.959. The molecule has 6 nitrogen and oxygen atoms in total. The monoisotopic (exact) mass is 271 g/mol. The first-order chi connectivity index (χ1) is 9.08. The molecule has 0 saturated carbocycles. The van der Waals surface area contributed by atoms with Crippen molar-refractivity contribution in [1.82, 2.24) is 15.1 Å². The third-order valence-corrected chi connectivity index (χ3v) is 3.37. The van der Waals surface area contributed by atoms with E-state index in [9.17, 15) is 9.59 Å². The number of carboxylic acid groups (broad SMARTS) is 1. The van der Waals surface area contributed by atoms with E-state index in [0.717, 1.165) is 32.5 Å². The molecule has 0 spiro atoms. The summed E-state index contributed by atoms with van der Waals surface area (Å²) >= 11 is 0. The van der Waals surface area contributed by atoms with Crippen LogP contribution in [0.1, 0.15) is 33.1 Å². The second-order valence-corrected chi connectivity index (χ2v) is 4.96. The van der Waals surface area contributed by atoms with E-state index in [-0.39, 0.29) is 6.03 Å². The molecule has 0 bridgehead atoms. The first kappa shape index (κ1) is 15.8. The van der Waals surface area contributed by atoms with Crippen molar-refractivity contribution in [3.05, 3.63) is 0 Å². The third-order valence-electron chi connectivity index (χ3n) is 3.37. The van der Waals surface area contributed by atoms with Gasteiger partial charge in [0.2, 0.25) is 0 Å². The van der Waals surface area contributed by atoms with Crippen LogP contribution < -0.4 is 5.32 Å². The van der Waals surface area contributed by atoms with Crippen molar-refractivity contribution in [1.29, 1.82) is 0 Å². The van der Waals surface area contributed by atoms with Gasteiger partial charge in [-0.3, -0.25) is 4.90 Å². The van der Waals surface area contributed by atoms with Gasteiger partial charge in [0.05, 0.1) is 0 Å². The molecule has 110 valence electrons. The Kier molecular flexibility index (Phi) is 6.62. The Labute approximate surface area is 114 Å². The number of piperazine rings is 1. The molecule has 1 aliphatic rings. The fourth-order valence-corrected chi connectivity index (χ4v) is 2.28. The van der Waals surface area contributed by atoms with Crippen molar-refractivity contribution in [2.75, 3.05) is 32.7 Å². The lowest BCUT2D eigenvalue weighted by Gasteiger charge is -2.35. The van der Waals surface area contributed by atoms with Crippen molar-refractivity contribution >= 4 is 12.0 Å². The predicted octanol–water partition coefficient (Wildman–Crippen LogP) is 0.977. The van der Waals surface area contributed by atoms with Crippen LogP contribution in [0, 0.1) is 0 Å². The normalized spacial score (nSPS) is 18.1. The van der Waals surface area contributed by atoms with Crippen LogP contribution in [0.15, 0.2) is 0 Å². The Bertz CT molecular complexity index is 302. The Morgan fingerprint density at radius 3 is 2.26 bits per heavy atom. The van der Waals surface area contributed by atoms with Crippen molar-refractivity contribution in [2.45, 2.75) is 39.2 Å². The van der Waals surface area contributed by atoms with Gasteiger partial charge in [-0.15, -0.1) is 0 Å². The molecule has 0 aromatic heterocycles. The van der Waals surface area contributed by atoms with Gasteiger partial charge in [-0.25, -0.2) is 9.59 Å². The van der Waals surface area contributed by atoms with Gasteiger partial charge in [0.25, 0.3) is 0 Å². The number of nitrogens with one attached hydrogen (secondary N) is 1. The van der Waals surface area contributed by atoms with Crippen LogP contribution in [0.25, 0.3) is 0 Å². The molecule has 19 heavy (non-hydrogen) atoms. The second kappa shape index (κ2) is 7.99. The molecule has 6 heteroatoms. The summed E-state index contributed by atoms with van der Waals surface area (Å²) in [5, 5.41) is 11.6. The lowest BCUT2D eigenvalue weighted by molar-refractivity contribution is -0.139. The Hall–Kier alpha value is -1.30. The Balaban J connectivity index is 2.39. The van der Waals surface area contributed by atoms with Crippen molar-refractivity contribution in [3.63, 3.8) is 0 Å². The second-order valence-electron chi connectivity index (χ2n) is 4.96. The van der Waals surface area contributed by atoms with Crippen molar-refractivity contribution in [2.24, 2.45) is 0 Å². The quantitative estimate of drug-likeness (QED) is 0.755. The number of nitrogens with zero attached hydrogens (tertiary/aromatic N) is 2. The molecule has 1 atom stereocenters. The molecule has 1 heterocycles. The maximum absolute atomic E-state index is 12.0. The number of rotatable bonds is 6. The van der Waals surface area contributed by atoms with Crippen LogP contribution in [-0.2, 0) is 4.79 Å². The van der Waals surface area contributed by atoms with E-state index in [1.54, 1.807) is 4.90 Å². The average molecular weight is 271 g/mol. The van der Waals surface area contributed by atoms with E-state index >= 15 is 0 Å². The molecular formula is C13H25N3O3. The van der Waals surface area contributed by atoms with Gasteiger partial charge in [-0.1, -0.05) is 20.3 Å². The summed E-state index contributed by atoms with van der Waals surface area (Å²) in [5.41, 5.74) is 0. The lowest BCUT2D eigenvalue weighted by Crippen LogP contribution is -2.54. The van der Waals surface area contributed by atoms with Crippen molar-refractivity contribution in [3.8, 4) is 0 Å². The molecule has 1 saturated heterocycles. The number of carbonyl (C=O) groups excluding carboxylic acids is 1. The predicted molar refractivity (Wildman–Crippen MR) is 73.2 cm³/mol. The summed E-state index contributed by atoms with van der Waals surface area (Å²) in [6, 6.07) is -1.02. The van der Waals surface area contributed by atoms with Crippen LogP contribution in [-0.4, -0.2) is 65.7 Å². The molecule has 0 unspecified atom stereocenters. The van der Waals surface area contributed by atoms with E-state index in [1.807, 2.05) is 6.92 Å².